The Morgan fingerprint density at radius 1 is 1.27 bits per heavy atom. The van der Waals surface area contributed by atoms with Crippen LogP contribution in [0.3, 0.4) is 0 Å². The van der Waals surface area contributed by atoms with Crippen molar-refractivity contribution in [2.45, 2.75) is 25.7 Å². The Morgan fingerprint density at radius 2 is 1.93 bits per heavy atom. The molecule has 1 saturated carbocycles. The molecule has 0 heterocycles. The van der Waals surface area contributed by atoms with Crippen LogP contribution in [-0.4, -0.2) is 12.3 Å². The molecule has 0 bridgehead atoms. The molecule has 2 rings (SSSR count). The van der Waals surface area contributed by atoms with Crippen LogP contribution in [0.5, 0.6) is 0 Å². The summed E-state index contributed by atoms with van der Waals surface area (Å²) in [6, 6.07) is 9.50. The Balaban J connectivity index is 2.04. The SMILES string of the molecule is NCC1(CC(=O)c2ccccc2)CCC1. The Labute approximate surface area is 90.5 Å². The lowest BCUT2D eigenvalue weighted by Gasteiger charge is -2.40. The van der Waals surface area contributed by atoms with Crippen LogP contribution in [0.2, 0.25) is 0 Å². The first-order valence-corrected chi connectivity index (χ1v) is 5.54. The highest BCUT2D eigenvalue weighted by atomic mass is 16.1. The highest BCUT2D eigenvalue weighted by Crippen LogP contribution is 2.43. The number of carbonyl (C=O) groups is 1. The van der Waals surface area contributed by atoms with Gasteiger partial charge in [0, 0.05) is 12.0 Å². The molecule has 1 aromatic rings. The average Bonchev–Trinajstić information content (AvgIpc) is 2.24. The Bertz CT molecular complexity index is 335. The Morgan fingerprint density at radius 3 is 2.40 bits per heavy atom. The van der Waals surface area contributed by atoms with Gasteiger partial charge in [-0.15, -0.1) is 0 Å². The summed E-state index contributed by atoms with van der Waals surface area (Å²) in [5, 5.41) is 0. The van der Waals surface area contributed by atoms with Gasteiger partial charge in [0.2, 0.25) is 0 Å². The van der Waals surface area contributed by atoms with Gasteiger partial charge in [0.15, 0.2) is 5.78 Å². The lowest BCUT2D eigenvalue weighted by atomic mass is 9.65. The molecule has 80 valence electrons. The van der Waals surface area contributed by atoms with E-state index in [0.29, 0.717) is 13.0 Å². The predicted molar refractivity (Wildman–Crippen MR) is 60.7 cm³/mol. The van der Waals surface area contributed by atoms with Gasteiger partial charge in [-0.05, 0) is 24.8 Å². The molecule has 0 spiro atoms. The van der Waals surface area contributed by atoms with Crippen LogP contribution in [-0.2, 0) is 0 Å². The van der Waals surface area contributed by atoms with Crippen molar-refractivity contribution in [2.24, 2.45) is 11.1 Å². The van der Waals surface area contributed by atoms with Crippen LogP contribution >= 0.6 is 0 Å². The second-order valence-electron chi connectivity index (χ2n) is 4.52. The van der Waals surface area contributed by atoms with Crippen molar-refractivity contribution in [1.29, 1.82) is 0 Å². The summed E-state index contributed by atoms with van der Waals surface area (Å²) < 4.78 is 0. The fraction of sp³-hybridized carbons (Fsp3) is 0.462. The number of nitrogens with two attached hydrogens (primary N) is 1. The smallest absolute Gasteiger partial charge is 0.163 e. The van der Waals surface area contributed by atoms with Gasteiger partial charge in [0.1, 0.15) is 0 Å². The van der Waals surface area contributed by atoms with Crippen molar-refractivity contribution in [2.75, 3.05) is 6.54 Å². The average molecular weight is 203 g/mol. The van der Waals surface area contributed by atoms with Gasteiger partial charge in [-0.2, -0.15) is 0 Å². The zero-order valence-corrected chi connectivity index (χ0v) is 8.91. The number of hydrogen-bond acceptors (Lipinski definition) is 2. The van der Waals surface area contributed by atoms with E-state index in [4.69, 9.17) is 5.73 Å². The molecular weight excluding hydrogens is 186 g/mol. The summed E-state index contributed by atoms with van der Waals surface area (Å²) in [4.78, 5) is 12.0. The first-order valence-electron chi connectivity index (χ1n) is 5.54. The maximum Gasteiger partial charge on any atom is 0.163 e. The van der Waals surface area contributed by atoms with Crippen molar-refractivity contribution in [3.63, 3.8) is 0 Å². The molecule has 2 nitrogen and oxygen atoms in total. The minimum atomic E-state index is 0.118. The van der Waals surface area contributed by atoms with Crippen molar-refractivity contribution in [1.82, 2.24) is 0 Å². The van der Waals surface area contributed by atoms with Crippen LogP contribution in [0.1, 0.15) is 36.0 Å². The van der Waals surface area contributed by atoms with E-state index < -0.39 is 0 Å². The van der Waals surface area contributed by atoms with E-state index in [1.807, 2.05) is 30.3 Å². The maximum absolute atomic E-state index is 12.0. The number of ketones is 1. The van der Waals surface area contributed by atoms with E-state index in [0.717, 1.165) is 18.4 Å². The number of benzene rings is 1. The van der Waals surface area contributed by atoms with Gasteiger partial charge in [-0.25, -0.2) is 0 Å². The Kier molecular flexibility index (Phi) is 2.87. The molecule has 0 saturated heterocycles. The molecule has 1 aliphatic carbocycles. The number of rotatable bonds is 4. The van der Waals surface area contributed by atoms with Gasteiger partial charge in [0.25, 0.3) is 0 Å². The van der Waals surface area contributed by atoms with Crippen molar-refractivity contribution < 1.29 is 4.79 Å². The molecule has 1 fully saturated rings. The zero-order chi connectivity index (χ0) is 10.7. The molecule has 0 unspecified atom stereocenters. The lowest BCUT2D eigenvalue weighted by Crippen LogP contribution is -2.39. The molecule has 15 heavy (non-hydrogen) atoms. The Hall–Kier alpha value is -1.15. The zero-order valence-electron chi connectivity index (χ0n) is 8.91. The quantitative estimate of drug-likeness (QED) is 0.763. The third-order valence-electron chi connectivity index (χ3n) is 3.48. The molecule has 2 N–H and O–H groups in total. The van der Waals surface area contributed by atoms with Crippen LogP contribution in [0.25, 0.3) is 0 Å². The lowest BCUT2D eigenvalue weighted by molar-refractivity contribution is 0.0786. The van der Waals surface area contributed by atoms with E-state index in [-0.39, 0.29) is 11.2 Å². The molecular formula is C13H17NO. The van der Waals surface area contributed by atoms with Crippen LogP contribution in [0, 0.1) is 5.41 Å². The summed E-state index contributed by atoms with van der Waals surface area (Å²) in [7, 11) is 0. The molecule has 0 atom stereocenters. The van der Waals surface area contributed by atoms with E-state index in [2.05, 4.69) is 0 Å². The summed E-state index contributed by atoms with van der Waals surface area (Å²) in [5.41, 5.74) is 6.68. The van der Waals surface area contributed by atoms with Crippen LogP contribution in [0.4, 0.5) is 0 Å². The minimum Gasteiger partial charge on any atom is -0.330 e. The van der Waals surface area contributed by atoms with E-state index in [9.17, 15) is 4.79 Å². The molecule has 0 aromatic heterocycles. The first-order chi connectivity index (χ1) is 7.26. The fourth-order valence-corrected chi connectivity index (χ4v) is 2.20. The molecule has 0 amide bonds. The van der Waals surface area contributed by atoms with Crippen LogP contribution < -0.4 is 5.73 Å². The highest BCUT2D eigenvalue weighted by Gasteiger charge is 2.37. The van der Waals surface area contributed by atoms with Gasteiger partial charge < -0.3 is 5.73 Å². The topological polar surface area (TPSA) is 43.1 Å². The van der Waals surface area contributed by atoms with E-state index >= 15 is 0 Å². The second kappa shape index (κ2) is 4.15. The fourth-order valence-electron chi connectivity index (χ4n) is 2.20. The number of carbonyl (C=O) groups excluding carboxylic acids is 1. The van der Waals surface area contributed by atoms with Gasteiger partial charge in [-0.1, -0.05) is 36.8 Å². The summed E-state index contributed by atoms with van der Waals surface area (Å²) in [6.07, 6.45) is 4.07. The summed E-state index contributed by atoms with van der Waals surface area (Å²) in [5.74, 6) is 0.237. The largest absolute Gasteiger partial charge is 0.330 e. The summed E-state index contributed by atoms with van der Waals surface area (Å²) >= 11 is 0. The van der Waals surface area contributed by atoms with E-state index in [1.165, 1.54) is 6.42 Å². The van der Waals surface area contributed by atoms with Crippen molar-refractivity contribution >= 4 is 5.78 Å². The normalized spacial score (nSPS) is 18.2. The molecule has 0 radical (unpaired) electrons. The predicted octanol–water partition coefficient (Wildman–Crippen LogP) is 2.39. The van der Waals surface area contributed by atoms with E-state index in [1.54, 1.807) is 0 Å². The number of hydrogen-bond donors (Lipinski definition) is 1. The van der Waals surface area contributed by atoms with Gasteiger partial charge in [-0.3, -0.25) is 4.79 Å². The second-order valence-corrected chi connectivity index (χ2v) is 4.52. The maximum atomic E-state index is 12.0. The van der Waals surface area contributed by atoms with Crippen molar-refractivity contribution in [3.05, 3.63) is 35.9 Å². The third-order valence-corrected chi connectivity index (χ3v) is 3.48. The van der Waals surface area contributed by atoms with Crippen LogP contribution in [0.15, 0.2) is 30.3 Å². The van der Waals surface area contributed by atoms with Crippen molar-refractivity contribution in [3.8, 4) is 0 Å². The van der Waals surface area contributed by atoms with Gasteiger partial charge >= 0.3 is 0 Å². The monoisotopic (exact) mass is 203 g/mol. The molecule has 1 aromatic carbocycles. The summed E-state index contributed by atoms with van der Waals surface area (Å²) in [6.45, 7) is 0.644. The molecule has 0 aliphatic heterocycles. The number of Topliss-reactive ketones (excluding diaryl/α,β-unsaturated/α-hetero) is 1. The standard InChI is InChI=1S/C13H17NO/c14-10-13(7-4-8-13)9-12(15)11-5-2-1-3-6-11/h1-3,5-6H,4,7-10,14H2. The third kappa shape index (κ3) is 2.10. The molecule has 2 heteroatoms. The minimum absolute atomic E-state index is 0.118. The first kappa shape index (κ1) is 10.4. The highest BCUT2D eigenvalue weighted by molar-refractivity contribution is 5.96. The molecule has 1 aliphatic rings. The van der Waals surface area contributed by atoms with Gasteiger partial charge in [0.05, 0.1) is 0 Å².